The van der Waals surface area contributed by atoms with E-state index in [0.29, 0.717) is 13.1 Å². The molecule has 1 fully saturated rings. The number of ether oxygens (including phenoxy) is 1. The Morgan fingerprint density at radius 3 is 2.24 bits per heavy atom. The fourth-order valence-corrected chi connectivity index (χ4v) is 2.11. The molecule has 1 aliphatic rings. The van der Waals surface area contributed by atoms with Crippen molar-refractivity contribution in [2.45, 2.75) is 39.3 Å². The van der Waals surface area contributed by atoms with Gasteiger partial charge in [0.2, 0.25) is 5.91 Å². The van der Waals surface area contributed by atoms with Crippen LogP contribution in [-0.4, -0.2) is 60.0 Å². The monoisotopic (exact) mass is 242 g/mol. The van der Waals surface area contributed by atoms with E-state index in [0.717, 1.165) is 6.54 Å². The van der Waals surface area contributed by atoms with Crippen LogP contribution in [0.2, 0.25) is 0 Å². The minimum atomic E-state index is -0.481. The number of carbonyl (C=O) groups is 2. The maximum Gasteiger partial charge on any atom is 0.329 e. The summed E-state index contributed by atoms with van der Waals surface area (Å²) >= 11 is 0. The molecule has 0 aromatic carbocycles. The molecule has 1 unspecified atom stereocenters. The quantitative estimate of drug-likeness (QED) is 0.628. The second-order valence-electron chi connectivity index (χ2n) is 5.37. The Morgan fingerprint density at radius 2 is 1.82 bits per heavy atom. The molecule has 5 heteroatoms. The highest BCUT2D eigenvalue weighted by Crippen LogP contribution is 2.20. The number of hydrogen-bond acceptors (Lipinski definition) is 4. The van der Waals surface area contributed by atoms with Gasteiger partial charge in [0.1, 0.15) is 6.04 Å². The van der Waals surface area contributed by atoms with Gasteiger partial charge in [0, 0.05) is 32.1 Å². The first kappa shape index (κ1) is 14.0. The topological polar surface area (TPSA) is 49.9 Å². The van der Waals surface area contributed by atoms with Gasteiger partial charge in [-0.3, -0.25) is 9.69 Å². The number of rotatable bonds is 1. The smallest absolute Gasteiger partial charge is 0.329 e. The zero-order valence-electron chi connectivity index (χ0n) is 11.3. The van der Waals surface area contributed by atoms with E-state index in [9.17, 15) is 9.59 Å². The number of nitrogens with zero attached hydrogens (tertiary/aromatic N) is 2. The van der Waals surface area contributed by atoms with E-state index in [2.05, 4.69) is 25.7 Å². The molecule has 17 heavy (non-hydrogen) atoms. The van der Waals surface area contributed by atoms with Crippen LogP contribution < -0.4 is 0 Å². The van der Waals surface area contributed by atoms with E-state index in [1.165, 1.54) is 14.0 Å². The van der Waals surface area contributed by atoms with Crippen molar-refractivity contribution in [2.24, 2.45) is 0 Å². The molecule has 1 atom stereocenters. The summed E-state index contributed by atoms with van der Waals surface area (Å²) in [6.45, 7) is 9.70. The third-order valence-electron chi connectivity index (χ3n) is 3.21. The lowest BCUT2D eigenvalue weighted by Gasteiger charge is -2.45. The van der Waals surface area contributed by atoms with Crippen molar-refractivity contribution >= 4 is 11.9 Å². The third-order valence-corrected chi connectivity index (χ3v) is 3.21. The van der Waals surface area contributed by atoms with Gasteiger partial charge in [-0.2, -0.15) is 0 Å². The minimum Gasteiger partial charge on any atom is -0.467 e. The maximum atomic E-state index is 11.7. The largest absolute Gasteiger partial charge is 0.467 e. The summed E-state index contributed by atoms with van der Waals surface area (Å²) in [6.07, 6.45) is 0. The molecule has 1 saturated heterocycles. The molecule has 0 spiro atoms. The Kier molecular flexibility index (Phi) is 4.14. The van der Waals surface area contributed by atoms with Crippen LogP contribution in [0.4, 0.5) is 0 Å². The van der Waals surface area contributed by atoms with E-state index >= 15 is 0 Å². The molecular formula is C12H22N2O3. The average molecular weight is 242 g/mol. The SMILES string of the molecule is COC(=O)C1CN(C(C)(C)C)CCN1C(C)=O. The Bertz CT molecular complexity index is 309. The normalized spacial score (nSPS) is 22.4. The van der Waals surface area contributed by atoms with Crippen molar-refractivity contribution in [2.75, 3.05) is 26.7 Å². The lowest BCUT2D eigenvalue weighted by molar-refractivity contribution is -0.156. The molecule has 1 aliphatic heterocycles. The molecule has 0 aliphatic carbocycles. The van der Waals surface area contributed by atoms with Crippen molar-refractivity contribution in [1.29, 1.82) is 0 Å². The second-order valence-corrected chi connectivity index (χ2v) is 5.37. The van der Waals surface area contributed by atoms with Gasteiger partial charge in [0.05, 0.1) is 7.11 Å². The molecule has 0 bridgehead atoms. The number of amides is 1. The molecule has 5 nitrogen and oxygen atoms in total. The molecule has 0 saturated carbocycles. The fourth-order valence-electron chi connectivity index (χ4n) is 2.11. The van der Waals surface area contributed by atoms with Crippen LogP contribution in [0, 0.1) is 0 Å². The average Bonchev–Trinajstić information content (AvgIpc) is 2.25. The highest BCUT2D eigenvalue weighted by atomic mass is 16.5. The van der Waals surface area contributed by atoms with E-state index in [1.807, 2.05) is 0 Å². The zero-order chi connectivity index (χ0) is 13.2. The Balaban J connectivity index is 2.84. The number of methoxy groups -OCH3 is 1. The molecule has 1 rings (SSSR count). The first-order valence-electron chi connectivity index (χ1n) is 5.87. The van der Waals surface area contributed by atoms with Gasteiger partial charge in [0.15, 0.2) is 0 Å². The summed E-state index contributed by atoms with van der Waals surface area (Å²) in [6, 6.07) is -0.481. The van der Waals surface area contributed by atoms with Crippen LogP contribution >= 0.6 is 0 Å². The first-order valence-corrected chi connectivity index (χ1v) is 5.87. The van der Waals surface area contributed by atoms with Gasteiger partial charge in [-0.05, 0) is 20.8 Å². The van der Waals surface area contributed by atoms with Gasteiger partial charge < -0.3 is 9.64 Å². The van der Waals surface area contributed by atoms with Crippen molar-refractivity contribution in [3.05, 3.63) is 0 Å². The van der Waals surface area contributed by atoms with Gasteiger partial charge in [-0.1, -0.05) is 0 Å². The number of esters is 1. The Hall–Kier alpha value is -1.10. The minimum absolute atomic E-state index is 0.00481. The Labute approximate surface area is 103 Å². The van der Waals surface area contributed by atoms with Crippen LogP contribution in [0.3, 0.4) is 0 Å². The van der Waals surface area contributed by atoms with Gasteiger partial charge in [0.25, 0.3) is 0 Å². The lowest BCUT2D eigenvalue weighted by atomic mass is 10.0. The van der Waals surface area contributed by atoms with Crippen LogP contribution in [-0.2, 0) is 14.3 Å². The molecule has 0 N–H and O–H groups in total. The second kappa shape index (κ2) is 5.04. The highest BCUT2D eigenvalue weighted by Gasteiger charge is 2.37. The van der Waals surface area contributed by atoms with Gasteiger partial charge in [-0.25, -0.2) is 4.79 Å². The summed E-state index contributed by atoms with van der Waals surface area (Å²) in [7, 11) is 1.36. The predicted molar refractivity (Wildman–Crippen MR) is 64.5 cm³/mol. The molecule has 98 valence electrons. The van der Waals surface area contributed by atoms with E-state index in [-0.39, 0.29) is 17.4 Å². The van der Waals surface area contributed by atoms with Crippen molar-refractivity contribution in [3.63, 3.8) is 0 Å². The van der Waals surface area contributed by atoms with E-state index in [1.54, 1.807) is 4.90 Å². The standard InChI is InChI=1S/C12H22N2O3/c1-9(15)14-7-6-13(12(2,3)4)8-10(14)11(16)17-5/h10H,6-8H2,1-5H3. The zero-order valence-corrected chi connectivity index (χ0v) is 11.3. The molecular weight excluding hydrogens is 220 g/mol. The molecule has 1 heterocycles. The van der Waals surface area contributed by atoms with E-state index in [4.69, 9.17) is 4.74 Å². The van der Waals surface area contributed by atoms with Crippen LogP contribution in [0.25, 0.3) is 0 Å². The van der Waals surface area contributed by atoms with Gasteiger partial charge >= 0.3 is 5.97 Å². The first-order chi connectivity index (χ1) is 7.77. The van der Waals surface area contributed by atoms with Crippen LogP contribution in [0.1, 0.15) is 27.7 Å². The third kappa shape index (κ3) is 3.19. The number of piperazine rings is 1. The Morgan fingerprint density at radius 1 is 1.24 bits per heavy atom. The fraction of sp³-hybridized carbons (Fsp3) is 0.833. The molecule has 0 radical (unpaired) electrons. The van der Waals surface area contributed by atoms with Crippen molar-refractivity contribution in [1.82, 2.24) is 9.80 Å². The summed E-state index contributed by atoms with van der Waals surface area (Å²) in [4.78, 5) is 27.0. The summed E-state index contributed by atoms with van der Waals surface area (Å²) in [5, 5.41) is 0. The van der Waals surface area contributed by atoms with Crippen molar-refractivity contribution in [3.8, 4) is 0 Å². The summed E-state index contributed by atoms with van der Waals surface area (Å²) in [5.74, 6) is -0.414. The predicted octanol–water partition coefficient (Wildman–Crippen LogP) is 0.491. The molecule has 1 amide bonds. The number of hydrogen-bond donors (Lipinski definition) is 0. The van der Waals surface area contributed by atoms with Crippen molar-refractivity contribution < 1.29 is 14.3 Å². The summed E-state index contributed by atoms with van der Waals surface area (Å²) < 4.78 is 4.77. The molecule has 0 aromatic rings. The maximum absolute atomic E-state index is 11.7. The van der Waals surface area contributed by atoms with Crippen LogP contribution in [0.5, 0.6) is 0 Å². The van der Waals surface area contributed by atoms with Crippen LogP contribution in [0.15, 0.2) is 0 Å². The number of carbonyl (C=O) groups excluding carboxylic acids is 2. The van der Waals surface area contributed by atoms with E-state index < -0.39 is 6.04 Å². The molecule has 0 aromatic heterocycles. The lowest BCUT2D eigenvalue weighted by Crippen LogP contribution is -2.61. The highest BCUT2D eigenvalue weighted by molar-refractivity contribution is 5.83. The van der Waals surface area contributed by atoms with Gasteiger partial charge in [-0.15, -0.1) is 0 Å². The summed E-state index contributed by atoms with van der Waals surface area (Å²) in [5.41, 5.74) is -0.00481.